The molecule has 0 amide bonds. The predicted molar refractivity (Wildman–Crippen MR) is 105 cm³/mol. The Bertz CT molecular complexity index is 695. The number of hydrazone groups is 1. The second kappa shape index (κ2) is 7.05. The van der Waals surface area contributed by atoms with E-state index < -0.39 is 0 Å². The van der Waals surface area contributed by atoms with Crippen molar-refractivity contribution in [3.8, 4) is 5.69 Å². The highest BCUT2D eigenvalue weighted by molar-refractivity contribution is 14.1. The van der Waals surface area contributed by atoms with Gasteiger partial charge in [0.05, 0.1) is 6.21 Å². The van der Waals surface area contributed by atoms with E-state index in [1.807, 2.05) is 6.21 Å². The third kappa shape index (κ3) is 3.77. The Morgan fingerprint density at radius 2 is 1.70 bits per heavy atom. The molecule has 122 valence electrons. The zero-order valence-electron chi connectivity index (χ0n) is 14.0. The second-order valence-corrected chi connectivity index (χ2v) is 7.39. The lowest BCUT2D eigenvalue weighted by atomic mass is 10.2. The van der Waals surface area contributed by atoms with E-state index in [4.69, 9.17) is 0 Å². The molecule has 0 unspecified atom stereocenters. The standard InChI is InChI=1S/C18H23IN4/c1-14-12-16(13-20-22-10-8-21(3)9-11-22)15(2)23(14)18-6-4-17(19)5-7-18/h4-7,12-13H,8-11H2,1-3H3. The Labute approximate surface area is 151 Å². The molecule has 1 aliphatic rings. The highest BCUT2D eigenvalue weighted by Crippen LogP contribution is 2.20. The van der Waals surface area contributed by atoms with E-state index >= 15 is 0 Å². The summed E-state index contributed by atoms with van der Waals surface area (Å²) in [7, 11) is 2.16. The Morgan fingerprint density at radius 3 is 2.35 bits per heavy atom. The summed E-state index contributed by atoms with van der Waals surface area (Å²) < 4.78 is 3.55. The van der Waals surface area contributed by atoms with Crippen molar-refractivity contribution in [2.75, 3.05) is 33.2 Å². The zero-order chi connectivity index (χ0) is 16.4. The SMILES string of the molecule is Cc1cc(C=NN2CCN(C)CC2)c(C)n1-c1ccc(I)cc1. The van der Waals surface area contributed by atoms with Gasteiger partial charge in [-0.2, -0.15) is 5.10 Å². The van der Waals surface area contributed by atoms with Crippen LogP contribution in [0.5, 0.6) is 0 Å². The highest BCUT2D eigenvalue weighted by atomic mass is 127. The fraction of sp³-hybridized carbons (Fsp3) is 0.389. The molecule has 3 rings (SSSR count). The van der Waals surface area contributed by atoms with Crippen LogP contribution >= 0.6 is 22.6 Å². The molecule has 0 atom stereocenters. The monoisotopic (exact) mass is 422 g/mol. The predicted octanol–water partition coefficient (Wildman–Crippen LogP) is 3.28. The summed E-state index contributed by atoms with van der Waals surface area (Å²) in [6, 6.07) is 10.8. The van der Waals surface area contributed by atoms with Crippen LogP contribution in [0.1, 0.15) is 17.0 Å². The molecule has 0 bridgehead atoms. The Morgan fingerprint density at radius 1 is 1.04 bits per heavy atom. The number of aryl methyl sites for hydroxylation is 1. The van der Waals surface area contributed by atoms with Crippen LogP contribution in [0, 0.1) is 17.4 Å². The smallest absolute Gasteiger partial charge is 0.0561 e. The van der Waals surface area contributed by atoms with E-state index in [0.29, 0.717) is 0 Å². The van der Waals surface area contributed by atoms with Crippen molar-refractivity contribution in [1.82, 2.24) is 14.5 Å². The molecule has 0 N–H and O–H groups in total. The molecule has 0 saturated carbocycles. The zero-order valence-corrected chi connectivity index (χ0v) is 16.1. The van der Waals surface area contributed by atoms with Crippen LogP contribution in [-0.4, -0.2) is 53.9 Å². The molecule has 1 fully saturated rings. The van der Waals surface area contributed by atoms with Gasteiger partial charge in [0.2, 0.25) is 0 Å². The van der Waals surface area contributed by atoms with Crippen LogP contribution in [0.25, 0.3) is 5.69 Å². The summed E-state index contributed by atoms with van der Waals surface area (Å²) >= 11 is 2.34. The van der Waals surface area contributed by atoms with Crippen molar-refractivity contribution in [2.24, 2.45) is 5.10 Å². The van der Waals surface area contributed by atoms with Crippen molar-refractivity contribution >= 4 is 28.8 Å². The van der Waals surface area contributed by atoms with Crippen LogP contribution < -0.4 is 0 Å². The molecule has 1 aromatic heterocycles. The summed E-state index contributed by atoms with van der Waals surface area (Å²) in [4.78, 5) is 2.34. The summed E-state index contributed by atoms with van der Waals surface area (Å²) in [5, 5.41) is 6.84. The van der Waals surface area contributed by atoms with Crippen LogP contribution in [0.3, 0.4) is 0 Å². The molecule has 23 heavy (non-hydrogen) atoms. The third-order valence-electron chi connectivity index (χ3n) is 4.39. The molecule has 1 aromatic carbocycles. The van der Waals surface area contributed by atoms with Gasteiger partial charge in [-0.3, -0.25) is 5.01 Å². The third-order valence-corrected chi connectivity index (χ3v) is 5.11. The number of hydrogen-bond donors (Lipinski definition) is 0. The van der Waals surface area contributed by atoms with Crippen LogP contribution in [-0.2, 0) is 0 Å². The fourth-order valence-electron chi connectivity index (χ4n) is 2.96. The quantitative estimate of drug-likeness (QED) is 0.560. The molecule has 4 nitrogen and oxygen atoms in total. The number of likely N-dealkylation sites (N-methyl/N-ethyl adjacent to an activating group) is 1. The minimum atomic E-state index is 1.00. The maximum Gasteiger partial charge on any atom is 0.0561 e. The number of rotatable bonds is 3. The maximum atomic E-state index is 4.68. The topological polar surface area (TPSA) is 23.8 Å². The van der Waals surface area contributed by atoms with E-state index in [0.717, 1.165) is 26.2 Å². The number of nitrogens with zero attached hydrogens (tertiary/aromatic N) is 4. The van der Waals surface area contributed by atoms with Gasteiger partial charge in [0, 0.05) is 52.4 Å². The molecule has 1 aliphatic heterocycles. The molecular formula is C18H23IN4. The average molecular weight is 422 g/mol. The molecule has 2 heterocycles. The van der Waals surface area contributed by atoms with E-state index in [9.17, 15) is 0 Å². The Balaban J connectivity index is 1.82. The molecular weight excluding hydrogens is 399 g/mol. The van der Waals surface area contributed by atoms with Gasteiger partial charge in [0.15, 0.2) is 0 Å². The minimum Gasteiger partial charge on any atom is -0.318 e. The number of benzene rings is 1. The molecule has 1 saturated heterocycles. The van der Waals surface area contributed by atoms with Gasteiger partial charge in [-0.05, 0) is 73.8 Å². The average Bonchev–Trinajstić information content (AvgIpc) is 2.82. The van der Waals surface area contributed by atoms with Gasteiger partial charge in [-0.1, -0.05) is 0 Å². The van der Waals surface area contributed by atoms with Gasteiger partial charge in [-0.25, -0.2) is 0 Å². The normalized spacial score (nSPS) is 16.4. The first-order chi connectivity index (χ1) is 11.0. The number of halogens is 1. The summed E-state index contributed by atoms with van der Waals surface area (Å²) in [6.07, 6.45) is 2.01. The van der Waals surface area contributed by atoms with Crippen molar-refractivity contribution in [3.63, 3.8) is 0 Å². The first-order valence-electron chi connectivity index (χ1n) is 7.97. The van der Waals surface area contributed by atoms with Crippen molar-refractivity contribution in [2.45, 2.75) is 13.8 Å². The molecule has 0 radical (unpaired) electrons. The van der Waals surface area contributed by atoms with Crippen molar-refractivity contribution < 1.29 is 0 Å². The number of piperazine rings is 1. The van der Waals surface area contributed by atoms with Crippen molar-refractivity contribution in [3.05, 3.63) is 50.9 Å². The molecule has 0 spiro atoms. The largest absolute Gasteiger partial charge is 0.318 e. The molecule has 2 aromatic rings. The summed E-state index contributed by atoms with van der Waals surface area (Å²) in [5.74, 6) is 0. The molecule has 0 aliphatic carbocycles. The highest BCUT2D eigenvalue weighted by Gasteiger charge is 2.12. The Hall–Kier alpha value is -1.34. The maximum absolute atomic E-state index is 4.68. The minimum absolute atomic E-state index is 1.00. The lowest BCUT2D eigenvalue weighted by molar-refractivity contribution is 0.159. The first kappa shape index (κ1) is 16.5. The van der Waals surface area contributed by atoms with Crippen LogP contribution in [0.4, 0.5) is 0 Å². The van der Waals surface area contributed by atoms with Gasteiger partial charge < -0.3 is 9.47 Å². The van der Waals surface area contributed by atoms with Gasteiger partial charge in [0.1, 0.15) is 0 Å². The van der Waals surface area contributed by atoms with Gasteiger partial charge in [0.25, 0.3) is 0 Å². The Kier molecular flexibility index (Phi) is 5.06. The van der Waals surface area contributed by atoms with Crippen LogP contribution in [0.15, 0.2) is 35.4 Å². The van der Waals surface area contributed by atoms with Crippen molar-refractivity contribution in [1.29, 1.82) is 0 Å². The van der Waals surface area contributed by atoms with E-state index in [2.05, 4.69) is 93.4 Å². The summed E-state index contributed by atoms with van der Waals surface area (Å²) in [5.41, 5.74) is 4.88. The van der Waals surface area contributed by atoms with E-state index in [-0.39, 0.29) is 0 Å². The second-order valence-electron chi connectivity index (χ2n) is 6.14. The fourth-order valence-corrected chi connectivity index (χ4v) is 3.32. The number of aromatic nitrogens is 1. The van der Waals surface area contributed by atoms with E-state index in [1.165, 1.54) is 26.2 Å². The van der Waals surface area contributed by atoms with Gasteiger partial charge in [-0.15, -0.1) is 0 Å². The van der Waals surface area contributed by atoms with Crippen LogP contribution in [0.2, 0.25) is 0 Å². The van der Waals surface area contributed by atoms with E-state index in [1.54, 1.807) is 0 Å². The van der Waals surface area contributed by atoms with Gasteiger partial charge >= 0.3 is 0 Å². The lowest BCUT2D eigenvalue weighted by Crippen LogP contribution is -2.41. The summed E-state index contributed by atoms with van der Waals surface area (Å²) in [6.45, 7) is 8.48. The molecule has 5 heteroatoms. The lowest BCUT2D eigenvalue weighted by Gasteiger charge is -2.30. The number of hydrogen-bond acceptors (Lipinski definition) is 3. The first-order valence-corrected chi connectivity index (χ1v) is 9.05.